The summed E-state index contributed by atoms with van der Waals surface area (Å²) in [7, 11) is 0. The maximum Gasteiger partial charge on any atom is 0.0431 e. The van der Waals surface area contributed by atoms with Crippen molar-refractivity contribution in [2.24, 2.45) is 29.6 Å². The molecule has 0 aromatic heterocycles. The minimum atomic E-state index is 0.391. The summed E-state index contributed by atoms with van der Waals surface area (Å²) in [5, 5.41) is 8.94. The van der Waals surface area contributed by atoms with E-state index < -0.39 is 0 Å². The molecule has 0 heterocycles. The van der Waals surface area contributed by atoms with Crippen LogP contribution in [0.25, 0.3) is 0 Å². The van der Waals surface area contributed by atoms with Crippen molar-refractivity contribution in [1.82, 2.24) is 0 Å². The molecule has 0 bridgehead atoms. The topological polar surface area (TPSA) is 20.2 Å². The molecule has 0 aromatic carbocycles. The Kier molecular flexibility index (Phi) is 6.03. The molecule has 0 aliphatic heterocycles. The highest BCUT2D eigenvalue weighted by Gasteiger charge is 2.37. The normalized spacial score (nSPS) is 38.1. The van der Waals surface area contributed by atoms with Crippen LogP contribution in [0.5, 0.6) is 0 Å². The Morgan fingerprint density at radius 3 is 2.05 bits per heavy atom. The van der Waals surface area contributed by atoms with Crippen molar-refractivity contribution in [3.05, 3.63) is 0 Å². The smallest absolute Gasteiger partial charge is 0.0431 e. The first-order chi connectivity index (χ1) is 10.4. The van der Waals surface area contributed by atoms with Gasteiger partial charge in [0, 0.05) is 6.61 Å². The van der Waals surface area contributed by atoms with Crippen molar-refractivity contribution >= 4 is 0 Å². The van der Waals surface area contributed by atoms with E-state index in [1.807, 2.05) is 0 Å². The van der Waals surface area contributed by atoms with Crippen LogP contribution in [0.3, 0.4) is 0 Å². The van der Waals surface area contributed by atoms with E-state index in [1.54, 1.807) is 32.1 Å². The zero-order chi connectivity index (χ0) is 14.5. The Balaban J connectivity index is 1.44. The van der Waals surface area contributed by atoms with E-state index in [0.29, 0.717) is 6.61 Å². The van der Waals surface area contributed by atoms with Gasteiger partial charge in [-0.05, 0) is 68.1 Å². The van der Waals surface area contributed by atoms with Gasteiger partial charge in [0.2, 0.25) is 0 Å². The molecule has 1 nitrogen and oxygen atoms in total. The molecule has 0 spiro atoms. The van der Waals surface area contributed by atoms with Gasteiger partial charge in [-0.25, -0.2) is 0 Å². The fraction of sp³-hybridized carbons (Fsp3) is 1.00. The predicted octanol–water partition coefficient (Wildman–Crippen LogP) is 5.56. The van der Waals surface area contributed by atoms with Gasteiger partial charge in [0.15, 0.2) is 0 Å². The molecule has 21 heavy (non-hydrogen) atoms. The molecule has 3 aliphatic carbocycles. The summed E-state index contributed by atoms with van der Waals surface area (Å²) in [6, 6.07) is 0. The first-order valence-electron chi connectivity index (χ1n) is 9.97. The molecule has 1 N–H and O–H groups in total. The van der Waals surface area contributed by atoms with Gasteiger partial charge in [0.05, 0.1) is 0 Å². The molecule has 0 radical (unpaired) electrons. The Labute approximate surface area is 131 Å². The van der Waals surface area contributed by atoms with Crippen LogP contribution in [0, 0.1) is 29.6 Å². The van der Waals surface area contributed by atoms with Crippen molar-refractivity contribution in [3.63, 3.8) is 0 Å². The second-order valence-electron chi connectivity index (χ2n) is 8.39. The van der Waals surface area contributed by atoms with Crippen molar-refractivity contribution in [1.29, 1.82) is 0 Å². The number of unbranched alkanes of at least 4 members (excludes halogenated alkanes) is 1. The number of hydrogen-bond acceptors (Lipinski definition) is 1. The highest BCUT2D eigenvalue weighted by Crippen LogP contribution is 2.49. The maximum absolute atomic E-state index is 8.94. The zero-order valence-corrected chi connectivity index (χ0v) is 13.9. The van der Waals surface area contributed by atoms with Crippen LogP contribution >= 0.6 is 0 Å². The SMILES string of the molecule is OCCCCC1CCC2CC(C3CCCCC3)CCC2C1. The van der Waals surface area contributed by atoms with Crippen molar-refractivity contribution < 1.29 is 5.11 Å². The highest BCUT2D eigenvalue weighted by atomic mass is 16.2. The van der Waals surface area contributed by atoms with Gasteiger partial charge < -0.3 is 5.11 Å². The van der Waals surface area contributed by atoms with E-state index >= 15 is 0 Å². The summed E-state index contributed by atoms with van der Waals surface area (Å²) in [5.41, 5.74) is 0. The zero-order valence-electron chi connectivity index (χ0n) is 13.9. The van der Waals surface area contributed by atoms with Gasteiger partial charge in [-0.2, -0.15) is 0 Å². The standard InChI is InChI=1S/C20H36O/c21-13-5-4-6-16-9-10-20-15-19(12-11-18(20)14-16)17-7-2-1-3-8-17/h16-21H,1-15H2. The molecule has 4 unspecified atom stereocenters. The first kappa shape index (κ1) is 15.8. The fourth-order valence-electron chi connectivity index (χ4n) is 5.86. The van der Waals surface area contributed by atoms with Crippen LogP contribution in [-0.4, -0.2) is 11.7 Å². The molecular weight excluding hydrogens is 256 g/mol. The van der Waals surface area contributed by atoms with Crippen molar-refractivity contribution in [3.8, 4) is 0 Å². The van der Waals surface area contributed by atoms with Crippen LogP contribution in [0.1, 0.15) is 89.9 Å². The predicted molar refractivity (Wildman–Crippen MR) is 89.2 cm³/mol. The van der Waals surface area contributed by atoms with E-state index in [-0.39, 0.29) is 0 Å². The lowest BCUT2D eigenvalue weighted by atomic mass is 9.61. The lowest BCUT2D eigenvalue weighted by molar-refractivity contribution is 0.0627. The Morgan fingerprint density at radius 1 is 0.619 bits per heavy atom. The molecule has 1 heteroatoms. The lowest BCUT2D eigenvalue weighted by Gasteiger charge is -2.45. The third-order valence-electron chi connectivity index (χ3n) is 7.10. The Bertz CT molecular complexity index is 294. The molecule has 0 aromatic rings. The molecule has 3 fully saturated rings. The second-order valence-corrected chi connectivity index (χ2v) is 8.39. The molecule has 3 rings (SSSR count). The Morgan fingerprint density at radius 2 is 1.29 bits per heavy atom. The van der Waals surface area contributed by atoms with E-state index in [9.17, 15) is 0 Å². The summed E-state index contributed by atoms with van der Waals surface area (Å²) < 4.78 is 0. The van der Waals surface area contributed by atoms with Crippen molar-refractivity contribution in [2.45, 2.75) is 89.9 Å². The van der Waals surface area contributed by atoms with Crippen LogP contribution in [-0.2, 0) is 0 Å². The minimum absolute atomic E-state index is 0.391. The molecule has 4 atom stereocenters. The number of aliphatic hydroxyl groups excluding tert-OH is 1. The molecule has 3 aliphatic rings. The average Bonchev–Trinajstić information content (AvgIpc) is 2.55. The summed E-state index contributed by atoms with van der Waals surface area (Å²) in [6.07, 6.45) is 20.5. The van der Waals surface area contributed by atoms with Crippen LogP contribution in [0.15, 0.2) is 0 Å². The molecule has 0 amide bonds. The monoisotopic (exact) mass is 292 g/mol. The summed E-state index contributed by atoms with van der Waals surface area (Å²) in [6.45, 7) is 0.391. The van der Waals surface area contributed by atoms with Gasteiger partial charge in [0.25, 0.3) is 0 Å². The van der Waals surface area contributed by atoms with Gasteiger partial charge in [-0.1, -0.05) is 51.4 Å². The molecular formula is C20H36O. The summed E-state index contributed by atoms with van der Waals surface area (Å²) in [4.78, 5) is 0. The fourth-order valence-corrected chi connectivity index (χ4v) is 5.86. The van der Waals surface area contributed by atoms with Crippen LogP contribution in [0.4, 0.5) is 0 Å². The molecule has 3 saturated carbocycles. The summed E-state index contributed by atoms with van der Waals surface area (Å²) >= 11 is 0. The van der Waals surface area contributed by atoms with E-state index in [4.69, 9.17) is 5.11 Å². The third kappa shape index (κ3) is 4.24. The van der Waals surface area contributed by atoms with E-state index in [0.717, 1.165) is 36.0 Å². The highest BCUT2D eigenvalue weighted by molar-refractivity contribution is 4.88. The van der Waals surface area contributed by atoms with Crippen LogP contribution in [0.2, 0.25) is 0 Å². The quantitative estimate of drug-likeness (QED) is 0.657. The van der Waals surface area contributed by atoms with E-state index in [2.05, 4.69) is 0 Å². The lowest BCUT2D eigenvalue weighted by Crippen LogP contribution is -2.34. The summed E-state index contributed by atoms with van der Waals surface area (Å²) in [5.74, 6) is 5.33. The first-order valence-corrected chi connectivity index (χ1v) is 9.97. The van der Waals surface area contributed by atoms with Crippen molar-refractivity contribution in [2.75, 3.05) is 6.61 Å². The minimum Gasteiger partial charge on any atom is -0.396 e. The van der Waals surface area contributed by atoms with Gasteiger partial charge in [0.1, 0.15) is 0 Å². The Hall–Kier alpha value is -0.0400. The number of fused-ring (bicyclic) bond motifs is 1. The number of rotatable bonds is 5. The molecule has 0 saturated heterocycles. The van der Waals surface area contributed by atoms with Crippen LogP contribution < -0.4 is 0 Å². The number of aliphatic hydroxyl groups is 1. The van der Waals surface area contributed by atoms with Gasteiger partial charge in [-0.15, -0.1) is 0 Å². The molecule has 122 valence electrons. The second kappa shape index (κ2) is 7.99. The van der Waals surface area contributed by atoms with E-state index in [1.165, 1.54) is 51.4 Å². The maximum atomic E-state index is 8.94. The van der Waals surface area contributed by atoms with Gasteiger partial charge in [-0.3, -0.25) is 0 Å². The number of hydrogen-bond donors (Lipinski definition) is 1. The average molecular weight is 293 g/mol. The third-order valence-corrected chi connectivity index (χ3v) is 7.10. The largest absolute Gasteiger partial charge is 0.396 e. The van der Waals surface area contributed by atoms with Gasteiger partial charge >= 0.3 is 0 Å².